The predicted molar refractivity (Wildman–Crippen MR) is 89.2 cm³/mol. The fourth-order valence-corrected chi connectivity index (χ4v) is 2.96. The average Bonchev–Trinajstić information content (AvgIpc) is 2.59. The van der Waals surface area contributed by atoms with E-state index in [1.54, 1.807) is 0 Å². The highest BCUT2D eigenvalue weighted by Gasteiger charge is 2.22. The van der Waals surface area contributed by atoms with Gasteiger partial charge >= 0.3 is 5.97 Å². The van der Waals surface area contributed by atoms with E-state index in [1.165, 1.54) is 46.4 Å². The topological polar surface area (TPSA) is 122 Å². The van der Waals surface area contributed by atoms with Gasteiger partial charge in [-0.25, -0.2) is 17.9 Å². The summed E-state index contributed by atoms with van der Waals surface area (Å²) in [4.78, 5) is 23.7. The van der Waals surface area contributed by atoms with E-state index < -0.39 is 27.9 Å². The number of likely N-dealkylation sites (N-methyl/N-ethyl adjacent to an activating group) is 1. The molecule has 140 valence electrons. The van der Waals surface area contributed by atoms with Gasteiger partial charge in [-0.05, 0) is 19.1 Å². The molecular formula is C15H22N2O7S. The Labute approximate surface area is 146 Å². The van der Waals surface area contributed by atoms with Crippen LogP contribution in [0.4, 0.5) is 0 Å². The Morgan fingerprint density at radius 2 is 1.84 bits per heavy atom. The molecular weight excluding hydrogens is 352 g/mol. The van der Waals surface area contributed by atoms with Crippen molar-refractivity contribution >= 4 is 21.9 Å². The normalized spacial score (nSPS) is 12.3. The number of hydrogen-bond donors (Lipinski definition) is 2. The molecule has 2 N–H and O–H groups in total. The fourth-order valence-electron chi connectivity index (χ4n) is 1.92. The fraction of sp³-hybridized carbons (Fsp3) is 0.467. The van der Waals surface area contributed by atoms with Crippen LogP contribution in [0.25, 0.3) is 0 Å². The molecule has 0 saturated carbocycles. The van der Waals surface area contributed by atoms with Crippen LogP contribution < -0.4 is 14.2 Å². The summed E-state index contributed by atoms with van der Waals surface area (Å²) in [6, 6.07) is 3.13. The van der Waals surface area contributed by atoms with Gasteiger partial charge in [0.15, 0.2) is 11.5 Å². The number of sulfonamides is 1. The van der Waals surface area contributed by atoms with Crippen LogP contribution in [-0.2, 0) is 19.6 Å². The second kappa shape index (κ2) is 8.67. The molecule has 0 spiro atoms. The van der Waals surface area contributed by atoms with E-state index in [-0.39, 0.29) is 23.6 Å². The van der Waals surface area contributed by atoms with Crippen LogP contribution in [0.3, 0.4) is 0 Å². The zero-order valence-corrected chi connectivity index (χ0v) is 15.3. The van der Waals surface area contributed by atoms with Crippen molar-refractivity contribution in [2.45, 2.75) is 24.3 Å². The first-order valence-corrected chi connectivity index (χ1v) is 8.82. The van der Waals surface area contributed by atoms with Crippen molar-refractivity contribution in [2.24, 2.45) is 0 Å². The van der Waals surface area contributed by atoms with Gasteiger partial charge in [-0.3, -0.25) is 4.79 Å². The maximum Gasteiger partial charge on any atom is 0.326 e. The molecule has 1 aromatic rings. The summed E-state index contributed by atoms with van der Waals surface area (Å²) in [5.74, 6) is -0.968. The average molecular weight is 374 g/mol. The number of nitrogens with zero attached hydrogens (tertiary/aromatic N) is 1. The number of methoxy groups -OCH3 is 2. The molecule has 1 amide bonds. The monoisotopic (exact) mass is 374 g/mol. The molecule has 25 heavy (non-hydrogen) atoms. The Morgan fingerprint density at radius 1 is 1.24 bits per heavy atom. The lowest BCUT2D eigenvalue weighted by molar-refractivity contribution is -0.148. The summed E-state index contributed by atoms with van der Waals surface area (Å²) in [5, 5.41) is 8.87. The van der Waals surface area contributed by atoms with Crippen LogP contribution in [0.2, 0.25) is 0 Å². The molecule has 1 unspecified atom stereocenters. The largest absolute Gasteiger partial charge is 0.493 e. The molecule has 0 heterocycles. The molecule has 9 nitrogen and oxygen atoms in total. The molecule has 0 aliphatic heterocycles. The molecule has 0 aliphatic rings. The van der Waals surface area contributed by atoms with E-state index in [4.69, 9.17) is 14.6 Å². The lowest BCUT2D eigenvalue weighted by atomic mass is 10.2. The zero-order chi connectivity index (χ0) is 19.2. The highest BCUT2D eigenvalue weighted by atomic mass is 32.2. The second-order valence-corrected chi connectivity index (χ2v) is 6.95. The summed E-state index contributed by atoms with van der Waals surface area (Å²) >= 11 is 0. The molecule has 1 aromatic carbocycles. The van der Waals surface area contributed by atoms with Crippen molar-refractivity contribution in [3.63, 3.8) is 0 Å². The van der Waals surface area contributed by atoms with Crippen molar-refractivity contribution in [1.29, 1.82) is 0 Å². The standard InChI is InChI=1S/C15H22N2O7S/c1-10(15(19)20)17(2)14(18)7-8-16-25(21,22)11-5-6-12(23-3)13(9-11)24-4/h5-6,9-10,16H,7-8H2,1-4H3,(H,19,20). The van der Waals surface area contributed by atoms with Crippen LogP contribution >= 0.6 is 0 Å². The number of rotatable bonds is 9. The van der Waals surface area contributed by atoms with Crippen molar-refractivity contribution in [1.82, 2.24) is 9.62 Å². The molecule has 0 aromatic heterocycles. The van der Waals surface area contributed by atoms with Crippen LogP contribution in [0.5, 0.6) is 11.5 Å². The molecule has 10 heteroatoms. The number of benzene rings is 1. The lowest BCUT2D eigenvalue weighted by Crippen LogP contribution is -2.41. The number of carboxylic acids is 1. The zero-order valence-electron chi connectivity index (χ0n) is 14.5. The molecule has 0 radical (unpaired) electrons. The first-order chi connectivity index (χ1) is 11.6. The number of carboxylic acid groups (broad SMARTS) is 1. The van der Waals surface area contributed by atoms with Crippen LogP contribution in [-0.4, -0.2) is 64.2 Å². The van der Waals surface area contributed by atoms with Gasteiger partial charge in [0.05, 0.1) is 19.1 Å². The lowest BCUT2D eigenvalue weighted by Gasteiger charge is -2.21. The third kappa shape index (κ3) is 5.33. The number of carbonyl (C=O) groups excluding carboxylic acids is 1. The SMILES string of the molecule is COc1ccc(S(=O)(=O)NCCC(=O)N(C)C(C)C(=O)O)cc1OC. The Kier molecular flexibility index (Phi) is 7.19. The number of carbonyl (C=O) groups is 2. The molecule has 0 fully saturated rings. The first-order valence-electron chi connectivity index (χ1n) is 7.34. The minimum atomic E-state index is -3.85. The summed E-state index contributed by atoms with van der Waals surface area (Å²) in [5.41, 5.74) is 0. The van der Waals surface area contributed by atoms with Crippen molar-refractivity contribution in [3.05, 3.63) is 18.2 Å². The minimum absolute atomic E-state index is 0.0372. The summed E-state index contributed by atoms with van der Waals surface area (Å²) in [6.45, 7) is 1.21. The van der Waals surface area contributed by atoms with Gasteiger partial charge in [0.2, 0.25) is 15.9 Å². The maximum atomic E-state index is 12.3. The van der Waals surface area contributed by atoms with Crippen molar-refractivity contribution in [2.75, 3.05) is 27.8 Å². The van der Waals surface area contributed by atoms with Gasteiger partial charge in [0.1, 0.15) is 6.04 Å². The highest BCUT2D eigenvalue weighted by molar-refractivity contribution is 7.89. The third-order valence-corrected chi connectivity index (χ3v) is 5.09. The molecule has 0 bridgehead atoms. The van der Waals surface area contributed by atoms with Crippen LogP contribution in [0, 0.1) is 0 Å². The molecule has 1 atom stereocenters. The molecule has 0 aliphatic carbocycles. The van der Waals surface area contributed by atoms with Crippen molar-refractivity contribution < 1.29 is 32.6 Å². The van der Waals surface area contributed by atoms with E-state index in [0.717, 1.165) is 4.90 Å². The number of nitrogens with one attached hydrogen (secondary N) is 1. The summed E-state index contributed by atoms with van der Waals surface area (Å²) in [6.07, 6.45) is -0.166. The second-order valence-electron chi connectivity index (χ2n) is 5.18. The van der Waals surface area contributed by atoms with E-state index in [2.05, 4.69) is 4.72 Å². The number of ether oxygens (including phenoxy) is 2. The number of amides is 1. The maximum absolute atomic E-state index is 12.3. The van der Waals surface area contributed by atoms with Gasteiger partial charge < -0.3 is 19.5 Å². The van der Waals surface area contributed by atoms with Gasteiger partial charge in [-0.15, -0.1) is 0 Å². The molecule has 0 saturated heterocycles. The highest BCUT2D eigenvalue weighted by Crippen LogP contribution is 2.29. The molecule has 1 rings (SSSR count). The van der Waals surface area contributed by atoms with Gasteiger partial charge in [0, 0.05) is 26.1 Å². The van der Waals surface area contributed by atoms with Gasteiger partial charge in [0.25, 0.3) is 0 Å². The Balaban J connectivity index is 2.73. The Morgan fingerprint density at radius 3 is 2.36 bits per heavy atom. The predicted octanol–water partition coefficient (Wildman–Crippen LogP) is 0.304. The van der Waals surface area contributed by atoms with Crippen LogP contribution in [0.1, 0.15) is 13.3 Å². The van der Waals surface area contributed by atoms with Gasteiger partial charge in [-0.1, -0.05) is 0 Å². The van der Waals surface area contributed by atoms with E-state index >= 15 is 0 Å². The van der Waals surface area contributed by atoms with E-state index in [9.17, 15) is 18.0 Å². The van der Waals surface area contributed by atoms with Crippen molar-refractivity contribution in [3.8, 4) is 11.5 Å². The first kappa shape index (κ1) is 20.7. The van der Waals surface area contributed by atoms with E-state index in [0.29, 0.717) is 5.75 Å². The quantitative estimate of drug-likeness (QED) is 0.637. The summed E-state index contributed by atoms with van der Waals surface area (Å²) < 4.78 is 36.9. The minimum Gasteiger partial charge on any atom is -0.493 e. The Hall–Kier alpha value is -2.33. The van der Waals surface area contributed by atoms with E-state index in [1.807, 2.05) is 0 Å². The van der Waals surface area contributed by atoms with Crippen LogP contribution in [0.15, 0.2) is 23.1 Å². The number of hydrogen-bond acceptors (Lipinski definition) is 6. The Bertz CT molecular complexity index is 733. The summed E-state index contributed by atoms with van der Waals surface area (Å²) in [7, 11) is 0.326. The third-order valence-electron chi connectivity index (χ3n) is 3.63. The number of aliphatic carboxylic acids is 1. The smallest absolute Gasteiger partial charge is 0.326 e. The van der Waals surface area contributed by atoms with Gasteiger partial charge in [-0.2, -0.15) is 0 Å².